The molecule has 0 bridgehead atoms. The summed E-state index contributed by atoms with van der Waals surface area (Å²) in [4.78, 5) is 14.4. The van der Waals surface area contributed by atoms with Crippen LogP contribution in [0.5, 0.6) is 11.5 Å². The number of rotatable bonds is 5. The molecule has 25 heavy (non-hydrogen) atoms. The molecule has 0 radical (unpaired) electrons. The minimum atomic E-state index is -0.0687. The highest BCUT2D eigenvalue weighted by atomic mass is 16.5. The standard InChI is InChI=1S/C20H23N3O2/c24-20(19-3-1-12-21-19)22-15-4-8-17(9-5-15)25-18-10-6-16(7-11-18)23-13-2-14-23/h4-11,19,21H,1-3,12-14H2,(H,22,24)/t19-/m0/s1. The van der Waals surface area contributed by atoms with Gasteiger partial charge in [0.1, 0.15) is 11.5 Å². The highest BCUT2D eigenvalue weighted by Gasteiger charge is 2.21. The van der Waals surface area contributed by atoms with Crippen LogP contribution in [0, 0.1) is 0 Å². The van der Waals surface area contributed by atoms with Gasteiger partial charge in [-0.25, -0.2) is 0 Å². The lowest BCUT2D eigenvalue weighted by Crippen LogP contribution is -2.36. The molecule has 0 unspecified atom stereocenters. The highest BCUT2D eigenvalue weighted by Crippen LogP contribution is 2.27. The maximum atomic E-state index is 12.1. The van der Waals surface area contributed by atoms with Crippen LogP contribution in [0.2, 0.25) is 0 Å². The fourth-order valence-corrected chi connectivity index (χ4v) is 3.18. The van der Waals surface area contributed by atoms with E-state index in [1.807, 2.05) is 36.4 Å². The van der Waals surface area contributed by atoms with Crippen LogP contribution >= 0.6 is 0 Å². The number of nitrogens with zero attached hydrogens (tertiary/aromatic N) is 1. The van der Waals surface area contributed by atoms with Crippen LogP contribution in [0.15, 0.2) is 48.5 Å². The Balaban J connectivity index is 1.34. The zero-order chi connectivity index (χ0) is 17.1. The van der Waals surface area contributed by atoms with E-state index >= 15 is 0 Å². The average molecular weight is 337 g/mol. The van der Waals surface area contributed by atoms with Gasteiger partial charge in [0, 0.05) is 24.5 Å². The quantitative estimate of drug-likeness (QED) is 0.878. The molecule has 2 saturated heterocycles. The van der Waals surface area contributed by atoms with Gasteiger partial charge in [-0.2, -0.15) is 0 Å². The third-order valence-corrected chi connectivity index (χ3v) is 4.79. The Morgan fingerprint density at radius 3 is 2.24 bits per heavy atom. The van der Waals surface area contributed by atoms with E-state index in [1.165, 1.54) is 12.1 Å². The van der Waals surface area contributed by atoms with Crippen LogP contribution in [0.4, 0.5) is 11.4 Å². The summed E-state index contributed by atoms with van der Waals surface area (Å²) in [6, 6.07) is 15.6. The molecule has 2 aliphatic rings. The second-order valence-electron chi connectivity index (χ2n) is 6.60. The van der Waals surface area contributed by atoms with Crippen LogP contribution in [0.1, 0.15) is 19.3 Å². The van der Waals surface area contributed by atoms with E-state index in [0.717, 1.165) is 49.7 Å². The third-order valence-electron chi connectivity index (χ3n) is 4.79. The first-order valence-electron chi connectivity index (χ1n) is 8.95. The Hall–Kier alpha value is -2.53. The molecule has 5 heteroatoms. The van der Waals surface area contributed by atoms with Crippen molar-refractivity contribution in [2.24, 2.45) is 0 Å². The van der Waals surface area contributed by atoms with Gasteiger partial charge in [0.15, 0.2) is 0 Å². The Kier molecular flexibility index (Phi) is 4.57. The summed E-state index contributed by atoms with van der Waals surface area (Å²) < 4.78 is 5.88. The Morgan fingerprint density at radius 1 is 1.00 bits per heavy atom. The summed E-state index contributed by atoms with van der Waals surface area (Å²) in [5.41, 5.74) is 2.04. The molecular weight excluding hydrogens is 314 g/mol. The van der Waals surface area contributed by atoms with Crippen molar-refractivity contribution in [1.82, 2.24) is 5.32 Å². The molecule has 2 aliphatic heterocycles. The van der Waals surface area contributed by atoms with Crippen molar-refractivity contribution in [2.75, 3.05) is 29.9 Å². The molecule has 2 N–H and O–H groups in total. The fourth-order valence-electron chi connectivity index (χ4n) is 3.18. The monoisotopic (exact) mass is 337 g/mol. The lowest BCUT2D eigenvalue weighted by Gasteiger charge is -2.33. The van der Waals surface area contributed by atoms with Gasteiger partial charge in [0.05, 0.1) is 6.04 Å². The minimum Gasteiger partial charge on any atom is -0.457 e. The van der Waals surface area contributed by atoms with Gasteiger partial charge in [0.25, 0.3) is 0 Å². The normalized spacial score (nSPS) is 19.4. The number of carbonyl (C=O) groups is 1. The number of nitrogens with one attached hydrogen (secondary N) is 2. The van der Waals surface area contributed by atoms with Crippen molar-refractivity contribution in [1.29, 1.82) is 0 Å². The molecule has 2 heterocycles. The predicted molar refractivity (Wildman–Crippen MR) is 99.4 cm³/mol. The third kappa shape index (κ3) is 3.77. The topological polar surface area (TPSA) is 53.6 Å². The first-order chi connectivity index (χ1) is 12.3. The van der Waals surface area contributed by atoms with Crippen molar-refractivity contribution in [3.63, 3.8) is 0 Å². The summed E-state index contributed by atoms with van der Waals surface area (Å²) in [5, 5.41) is 6.15. The SMILES string of the molecule is O=C(Nc1ccc(Oc2ccc(N3CCC3)cc2)cc1)[C@@H]1CCCN1. The second-order valence-corrected chi connectivity index (χ2v) is 6.60. The Labute approximate surface area is 148 Å². The zero-order valence-electron chi connectivity index (χ0n) is 14.2. The molecule has 5 nitrogen and oxygen atoms in total. The van der Waals surface area contributed by atoms with Gasteiger partial charge in [-0.15, -0.1) is 0 Å². The largest absolute Gasteiger partial charge is 0.457 e. The number of carbonyl (C=O) groups excluding carboxylic acids is 1. The van der Waals surface area contributed by atoms with Gasteiger partial charge in [-0.05, 0) is 74.3 Å². The maximum absolute atomic E-state index is 12.1. The average Bonchev–Trinajstić information content (AvgIpc) is 3.11. The molecule has 0 spiro atoms. The van der Waals surface area contributed by atoms with E-state index in [4.69, 9.17) is 4.74 Å². The smallest absolute Gasteiger partial charge is 0.241 e. The molecule has 0 saturated carbocycles. The van der Waals surface area contributed by atoms with Gasteiger partial charge >= 0.3 is 0 Å². The summed E-state index contributed by atoms with van der Waals surface area (Å²) in [7, 11) is 0. The van der Waals surface area contributed by atoms with Crippen molar-refractivity contribution < 1.29 is 9.53 Å². The van der Waals surface area contributed by atoms with Crippen molar-refractivity contribution >= 4 is 17.3 Å². The minimum absolute atomic E-state index is 0.0350. The summed E-state index contributed by atoms with van der Waals surface area (Å²) in [5.74, 6) is 1.61. The number of benzene rings is 2. The molecule has 2 aromatic rings. The van der Waals surface area contributed by atoms with Crippen LogP contribution in [0.25, 0.3) is 0 Å². The molecule has 130 valence electrons. The fraction of sp³-hybridized carbons (Fsp3) is 0.350. The molecule has 1 atom stereocenters. The highest BCUT2D eigenvalue weighted by molar-refractivity contribution is 5.95. The second kappa shape index (κ2) is 7.15. The van der Waals surface area contributed by atoms with Gasteiger partial charge in [-0.1, -0.05) is 0 Å². The molecule has 0 aliphatic carbocycles. The maximum Gasteiger partial charge on any atom is 0.241 e. The number of anilines is 2. The van der Waals surface area contributed by atoms with Gasteiger partial charge in [-0.3, -0.25) is 4.79 Å². The van der Waals surface area contributed by atoms with Crippen LogP contribution < -0.4 is 20.3 Å². The molecule has 1 amide bonds. The lowest BCUT2D eigenvalue weighted by atomic mass is 10.2. The van der Waals surface area contributed by atoms with E-state index in [1.54, 1.807) is 0 Å². The molecule has 2 aromatic carbocycles. The summed E-state index contributed by atoms with van der Waals surface area (Å²) in [6.07, 6.45) is 3.24. The Bertz CT molecular complexity index is 718. The number of hydrogen-bond donors (Lipinski definition) is 2. The summed E-state index contributed by atoms with van der Waals surface area (Å²) in [6.45, 7) is 3.20. The van der Waals surface area contributed by atoms with E-state index in [9.17, 15) is 4.79 Å². The Morgan fingerprint density at radius 2 is 1.68 bits per heavy atom. The van der Waals surface area contributed by atoms with Crippen LogP contribution in [0.3, 0.4) is 0 Å². The number of ether oxygens (including phenoxy) is 1. The van der Waals surface area contributed by atoms with E-state index in [0.29, 0.717) is 0 Å². The zero-order valence-corrected chi connectivity index (χ0v) is 14.2. The van der Waals surface area contributed by atoms with E-state index in [2.05, 4.69) is 27.7 Å². The lowest BCUT2D eigenvalue weighted by molar-refractivity contribution is -0.117. The first kappa shape index (κ1) is 16.0. The molecule has 2 fully saturated rings. The van der Waals surface area contributed by atoms with E-state index < -0.39 is 0 Å². The first-order valence-corrected chi connectivity index (χ1v) is 8.95. The number of amides is 1. The molecule has 4 rings (SSSR count). The number of hydrogen-bond acceptors (Lipinski definition) is 4. The van der Waals surface area contributed by atoms with Crippen LogP contribution in [-0.2, 0) is 4.79 Å². The predicted octanol–water partition coefficient (Wildman–Crippen LogP) is 3.38. The van der Waals surface area contributed by atoms with Gasteiger partial charge < -0.3 is 20.3 Å². The van der Waals surface area contributed by atoms with Crippen molar-refractivity contribution in [2.45, 2.75) is 25.3 Å². The molecular formula is C20H23N3O2. The summed E-state index contributed by atoms with van der Waals surface area (Å²) >= 11 is 0. The van der Waals surface area contributed by atoms with Crippen molar-refractivity contribution in [3.05, 3.63) is 48.5 Å². The van der Waals surface area contributed by atoms with E-state index in [-0.39, 0.29) is 11.9 Å². The van der Waals surface area contributed by atoms with Crippen LogP contribution in [-0.4, -0.2) is 31.6 Å². The molecule has 0 aromatic heterocycles. The van der Waals surface area contributed by atoms with Gasteiger partial charge in [0.2, 0.25) is 5.91 Å². The van der Waals surface area contributed by atoms with Crippen molar-refractivity contribution in [3.8, 4) is 11.5 Å².